The maximum atomic E-state index is 5.01. The Balaban J connectivity index is 1.70. The van der Waals surface area contributed by atoms with Gasteiger partial charge in [-0.2, -0.15) is 0 Å². The molecule has 0 amide bonds. The van der Waals surface area contributed by atoms with Crippen LogP contribution in [0.5, 0.6) is 0 Å². The summed E-state index contributed by atoms with van der Waals surface area (Å²) < 4.78 is 0. The Morgan fingerprint density at radius 1 is 1.28 bits per heavy atom. The van der Waals surface area contributed by atoms with Gasteiger partial charge in [0.1, 0.15) is 0 Å². The molecule has 2 nitrogen and oxygen atoms in total. The molecule has 2 aliphatic rings. The average Bonchev–Trinajstić information content (AvgIpc) is 2.71. The molecule has 1 heterocycles. The maximum absolute atomic E-state index is 5.01. The first-order valence-electron chi connectivity index (χ1n) is 7.58. The third kappa shape index (κ3) is 2.48. The van der Waals surface area contributed by atoms with Crippen LogP contribution in [-0.2, 0) is 6.42 Å². The predicted octanol–water partition coefficient (Wildman–Crippen LogP) is 3.83. The zero-order chi connectivity index (χ0) is 12.4. The Bertz CT molecular complexity index is 395. The van der Waals surface area contributed by atoms with Crippen LogP contribution in [0.4, 0.5) is 0 Å². The largest absolute Gasteiger partial charge is 0.316 e. The van der Waals surface area contributed by atoms with Crippen molar-refractivity contribution in [2.24, 2.45) is 0 Å². The monoisotopic (exact) mass is 264 g/mol. The van der Waals surface area contributed by atoms with Crippen LogP contribution in [0.25, 0.3) is 0 Å². The van der Waals surface area contributed by atoms with Gasteiger partial charge in [-0.1, -0.05) is 13.3 Å². The first kappa shape index (κ1) is 12.6. The van der Waals surface area contributed by atoms with Crippen LogP contribution in [0, 0.1) is 0 Å². The topological polar surface area (TPSA) is 24.9 Å². The fourth-order valence-electron chi connectivity index (χ4n) is 3.01. The number of aromatic nitrogens is 1. The molecule has 100 valence electrons. The average molecular weight is 264 g/mol. The summed E-state index contributed by atoms with van der Waals surface area (Å²) in [4.78, 5) is 6.61. The van der Waals surface area contributed by atoms with Crippen molar-refractivity contribution < 1.29 is 0 Å². The highest BCUT2D eigenvalue weighted by molar-refractivity contribution is 7.11. The molecule has 0 aromatic carbocycles. The van der Waals surface area contributed by atoms with E-state index < -0.39 is 0 Å². The van der Waals surface area contributed by atoms with Gasteiger partial charge in [0.2, 0.25) is 0 Å². The molecule has 1 unspecified atom stereocenters. The van der Waals surface area contributed by atoms with Crippen molar-refractivity contribution in [3.63, 3.8) is 0 Å². The molecule has 0 saturated heterocycles. The van der Waals surface area contributed by atoms with Gasteiger partial charge in [-0.15, -0.1) is 11.3 Å². The van der Waals surface area contributed by atoms with Gasteiger partial charge in [-0.3, -0.25) is 0 Å². The van der Waals surface area contributed by atoms with Crippen LogP contribution in [0.3, 0.4) is 0 Å². The zero-order valence-corrected chi connectivity index (χ0v) is 12.2. The zero-order valence-electron chi connectivity index (χ0n) is 11.4. The maximum Gasteiger partial charge on any atom is 0.0962 e. The van der Waals surface area contributed by atoms with Crippen LogP contribution in [0.1, 0.15) is 72.9 Å². The fraction of sp³-hybridized carbons (Fsp3) is 0.800. The molecule has 1 aromatic heterocycles. The standard InChI is InChI=1S/C15H24N2S/c1-2-9-16-10-12-7-4-8-13-14(12)17-15(18-13)11-5-3-6-11/h11-12,16H,2-10H2,1H3. The van der Waals surface area contributed by atoms with Crippen LogP contribution in [0.2, 0.25) is 0 Å². The van der Waals surface area contributed by atoms with Crippen molar-refractivity contribution in [3.8, 4) is 0 Å². The SMILES string of the molecule is CCCNCC1CCCc2sc(C3CCC3)nc21. The predicted molar refractivity (Wildman–Crippen MR) is 77.5 cm³/mol. The summed E-state index contributed by atoms with van der Waals surface area (Å²) in [5.41, 5.74) is 1.46. The van der Waals surface area contributed by atoms with E-state index in [4.69, 9.17) is 4.98 Å². The molecular formula is C15H24N2S. The Hall–Kier alpha value is -0.410. The number of rotatable bonds is 5. The first-order chi connectivity index (χ1) is 8.88. The minimum Gasteiger partial charge on any atom is -0.316 e. The van der Waals surface area contributed by atoms with Gasteiger partial charge in [-0.05, 0) is 45.1 Å². The second kappa shape index (κ2) is 5.70. The number of hydrogen-bond donors (Lipinski definition) is 1. The van der Waals surface area contributed by atoms with E-state index in [2.05, 4.69) is 12.2 Å². The van der Waals surface area contributed by atoms with Gasteiger partial charge in [0.05, 0.1) is 10.7 Å². The normalized spacial score (nSPS) is 23.7. The summed E-state index contributed by atoms with van der Waals surface area (Å²) >= 11 is 2.02. The first-order valence-corrected chi connectivity index (χ1v) is 8.40. The minimum atomic E-state index is 0.686. The van der Waals surface area contributed by atoms with Crippen molar-refractivity contribution in [1.29, 1.82) is 0 Å². The number of thiazole rings is 1. The van der Waals surface area contributed by atoms with Gasteiger partial charge in [0.25, 0.3) is 0 Å². The molecule has 3 heteroatoms. The van der Waals surface area contributed by atoms with E-state index in [-0.39, 0.29) is 0 Å². The number of fused-ring (bicyclic) bond motifs is 1. The van der Waals surface area contributed by atoms with Crippen molar-refractivity contribution in [3.05, 3.63) is 15.6 Å². The summed E-state index contributed by atoms with van der Waals surface area (Å²) in [6, 6.07) is 0. The van der Waals surface area contributed by atoms with E-state index in [1.807, 2.05) is 11.3 Å². The summed E-state index contributed by atoms with van der Waals surface area (Å²) in [5.74, 6) is 1.50. The molecule has 1 aromatic rings. The van der Waals surface area contributed by atoms with Crippen molar-refractivity contribution in [2.75, 3.05) is 13.1 Å². The second-order valence-corrected chi connectivity index (χ2v) is 6.90. The molecule has 2 aliphatic carbocycles. The molecule has 0 spiro atoms. The van der Waals surface area contributed by atoms with Gasteiger partial charge < -0.3 is 5.32 Å². The van der Waals surface area contributed by atoms with Crippen LogP contribution in [0.15, 0.2) is 0 Å². The molecule has 18 heavy (non-hydrogen) atoms. The third-order valence-corrected chi connectivity index (χ3v) is 5.65. The molecule has 3 rings (SSSR count). The Morgan fingerprint density at radius 3 is 2.89 bits per heavy atom. The van der Waals surface area contributed by atoms with E-state index in [1.54, 1.807) is 4.88 Å². The smallest absolute Gasteiger partial charge is 0.0962 e. The lowest BCUT2D eigenvalue weighted by Gasteiger charge is -2.23. The van der Waals surface area contributed by atoms with Crippen LogP contribution >= 0.6 is 11.3 Å². The molecule has 1 N–H and O–H groups in total. The quantitative estimate of drug-likeness (QED) is 0.818. The lowest BCUT2D eigenvalue weighted by molar-refractivity contribution is 0.416. The summed E-state index contributed by atoms with van der Waals surface area (Å²) in [6.07, 6.45) is 9.37. The number of nitrogens with one attached hydrogen (secondary N) is 1. The molecule has 1 saturated carbocycles. The van der Waals surface area contributed by atoms with Gasteiger partial charge in [0, 0.05) is 23.3 Å². The third-order valence-electron chi connectivity index (χ3n) is 4.36. The van der Waals surface area contributed by atoms with Gasteiger partial charge >= 0.3 is 0 Å². The van der Waals surface area contributed by atoms with E-state index in [0.717, 1.165) is 19.0 Å². The Kier molecular flexibility index (Phi) is 4.00. The van der Waals surface area contributed by atoms with Crippen LogP contribution in [-0.4, -0.2) is 18.1 Å². The summed E-state index contributed by atoms with van der Waals surface area (Å²) in [5, 5.41) is 5.03. The lowest BCUT2D eigenvalue weighted by Crippen LogP contribution is -2.25. The second-order valence-electron chi connectivity index (χ2n) is 5.78. The van der Waals surface area contributed by atoms with E-state index in [9.17, 15) is 0 Å². The molecule has 1 atom stereocenters. The van der Waals surface area contributed by atoms with Crippen LogP contribution < -0.4 is 5.32 Å². The highest BCUT2D eigenvalue weighted by Crippen LogP contribution is 2.42. The van der Waals surface area contributed by atoms with E-state index in [1.165, 1.54) is 55.6 Å². The number of nitrogens with zero attached hydrogens (tertiary/aromatic N) is 1. The van der Waals surface area contributed by atoms with Crippen molar-refractivity contribution in [1.82, 2.24) is 10.3 Å². The van der Waals surface area contributed by atoms with Gasteiger partial charge in [-0.25, -0.2) is 4.98 Å². The molecule has 0 aliphatic heterocycles. The Morgan fingerprint density at radius 2 is 2.17 bits per heavy atom. The van der Waals surface area contributed by atoms with Crippen molar-refractivity contribution in [2.45, 2.75) is 63.7 Å². The molecular weight excluding hydrogens is 240 g/mol. The van der Waals surface area contributed by atoms with Gasteiger partial charge in [0.15, 0.2) is 0 Å². The Labute approximate surface area is 114 Å². The minimum absolute atomic E-state index is 0.686. The van der Waals surface area contributed by atoms with Crippen molar-refractivity contribution >= 4 is 11.3 Å². The number of hydrogen-bond acceptors (Lipinski definition) is 3. The molecule has 0 radical (unpaired) electrons. The molecule has 1 fully saturated rings. The van der Waals surface area contributed by atoms with E-state index >= 15 is 0 Å². The van der Waals surface area contributed by atoms with E-state index in [0.29, 0.717) is 5.92 Å². The summed E-state index contributed by atoms with van der Waals surface area (Å²) in [6.45, 7) is 4.51. The highest BCUT2D eigenvalue weighted by atomic mass is 32.1. The fourth-order valence-corrected chi connectivity index (χ4v) is 4.37. The summed E-state index contributed by atoms with van der Waals surface area (Å²) in [7, 11) is 0. The highest BCUT2D eigenvalue weighted by Gasteiger charge is 2.29. The lowest BCUT2D eigenvalue weighted by atomic mass is 9.86. The number of aryl methyl sites for hydroxylation is 1. The molecule has 0 bridgehead atoms.